The number of carbonyl (C=O) groups is 2. The molecule has 0 atom stereocenters. The molecule has 0 saturated carbocycles. The van der Waals surface area contributed by atoms with Gasteiger partial charge in [-0.1, -0.05) is 32.0 Å². The van der Waals surface area contributed by atoms with Crippen LogP contribution >= 0.6 is 0 Å². The number of rotatable bonds is 9. The van der Waals surface area contributed by atoms with Crippen molar-refractivity contribution in [2.75, 3.05) is 55.0 Å². The lowest BCUT2D eigenvalue weighted by molar-refractivity contribution is -0.384. The maximum atomic E-state index is 13.3. The van der Waals surface area contributed by atoms with Crippen molar-refractivity contribution in [1.29, 1.82) is 0 Å². The molecule has 4 rings (SSSR count). The summed E-state index contributed by atoms with van der Waals surface area (Å²) in [6, 6.07) is 18.7. The Morgan fingerprint density at radius 3 is 2.28 bits per heavy atom. The van der Waals surface area contributed by atoms with E-state index >= 15 is 0 Å². The topological polar surface area (TPSA) is 117 Å². The van der Waals surface area contributed by atoms with E-state index in [0.29, 0.717) is 30.9 Å². The third-order valence-electron chi connectivity index (χ3n) is 6.54. The second-order valence-electron chi connectivity index (χ2n) is 9.74. The van der Waals surface area contributed by atoms with Gasteiger partial charge in [0.2, 0.25) is 0 Å². The van der Waals surface area contributed by atoms with Crippen LogP contribution in [0.1, 0.15) is 34.6 Å². The number of nitro benzene ring substituents is 1. The Bertz CT molecular complexity index is 1350. The molecular weight excluding hydrogens is 498 g/mol. The minimum Gasteiger partial charge on any atom is -0.495 e. The van der Waals surface area contributed by atoms with Crippen LogP contribution in [-0.4, -0.2) is 56.6 Å². The van der Waals surface area contributed by atoms with Crippen LogP contribution in [0.2, 0.25) is 0 Å². The fourth-order valence-corrected chi connectivity index (χ4v) is 4.51. The summed E-state index contributed by atoms with van der Waals surface area (Å²) in [6.07, 6.45) is 0. The third kappa shape index (κ3) is 6.64. The highest BCUT2D eigenvalue weighted by Gasteiger charge is 2.24. The van der Waals surface area contributed by atoms with Crippen molar-refractivity contribution < 1.29 is 19.2 Å². The van der Waals surface area contributed by atoms with Crippen LogP contribution in [0.4, 0.5) is 22.7 Å². The first-order valence-corrected chi connectivity index (χ1v) is 12.9. The summed E-state index contributed by atoms with van der Waals surface area (Å²) >= 11 is 0. The van der Waals surface area contributed by atoms with Crippen LogP contribution in [0.3, 0.4) is 0 Å². The van der Waals surface area contributed by atoms with Gasteiger partial charge in [0.15, 0.2) is 0 Å². The van der Waals surface area contributed by atoms with E-state index in [-0.39, 0.29) is 23.1 Å². The number of anilines is 3. The predicted octanol–water partition coefficient (Wildman–Crippen LogP) is 4.57. The average Bonchev–Trinajstić information content (AvgIpc) is 2.96. The first kappa shape index (κ1) is 27.4. The number of hydrogen-bond acceptors (Lipinski definition) is 7. The van der Waals surface area contributed by atoms with Crippen molar-refractivity contribution in [1.82, 2.24) is 5.32 Å². The molecule has 1 saturated heterocycles. The summed E-state index contributed by atoms with van der Waals surface area (Å²) in [4.78, 5) is 41.1. The van der Waals surface area contributed by atoms with Gasteiger partial charge in [-0.25, -0.2) is 0 Å². The van der Waals surface area contributed by atoms with Crippen LogP contribution in [0.15, 0.2) is 66.7 Å². The SMILES string of the molecule is COc1ccccc1N1CCN(c2ccc(NC(=O)c3cccc([N+](=O)[O-])c3)cc2C(=O)NCC(C)C)CC1. The summed E-state index contributed by atoms with van der Waals surface area (Å²) in [6.45, 7) is 7.45. The molecule has 1 heterocycles. The lowest BCUT2D eigenvalue weighted by Gasteiger charge is -2.38. The number of nitro groups is 1. The number of carbonyl (C=O) groups excluding carboxylic acids is 2. The number of piperazine rings is 1. The molecule has 1 aliphatic rings. The number of nitrogens with zero attached hydrogens (tertiary/aromatic N) is 3. The Kier molecular flexibility index (Phi) is 8.65. The van der Waals surface area contributed by atoms with Crippen LogP contribution in [0.25, 0.3) is 0 Å². The zero-order chi connectivity index (χ0) is 27.9. The molecule has 204 valence electrons. The molecule has 2 amide bonds. The number of non-ortho nitro benzene ring substituents is 1. The van der Waals surface area contributed by atoms with E-state index in [1.807, 2.05) is 44.2 Å². The van der Waals surface area contributed by atoms with E-state index in [1.165, 1.54) is 24.3 Å². The normalized spacial score (nSPS) is 13.2. The maximum Gasteiger partial charge on any atom is 0.270 e. The summed E-state index contributed by atoms with van der Waals surface area (Å²) in [5.74, 6) is 0.379. The summed E-state index contributed by atoms with van der Waals surface area (Å²) in [5, 5.41) is 16.9. The van der Waals surface area contributed by atoms with Gasteiger partial charge in [-0.15, -0.1) is 0 Å². The fourth-order valence-electron chi connectivity index (χ4n) is 4.51. The van der Waals surface area contributed by atoms with Gasteiger partial charge in [0, 0.05) is 61.8 Å². The van der Waals surface area contributed by atoms with E-state index in [2.05, 4.69) is 20.4 Å². The number of benzene rings is 3. The molecule has 3 aromatic carbocycles. The summed E-state index contributed by atoms with van der Waals surface area (Å²) in [5.41, 5.74) is 2.69. The molecule has 0 spiro atoms. The smallest absolute Gasteiger partial charge is 0.270 e. The van der Waals surface area contributed by atoms with Crippen molar-refractivity contribution in [3.8, 4) is 5.75 Å². The Labute approximate surface area is 227 Å². The van der Waals surface area contributed by atoms with Gasteiger partial charge in [0.1, 0.15) is 5.75 Å². The van der Waals surface area contributed by atoms with E-state index < -0.39 is 10.8 Å². The molecule has 1 aliphatic heterocycles. The Hall–Kier alpha value is -4.60. The third-order valence-corrected chi connectivity index (χ3v) is 6.54. The Morgan fingerprint density at radius 1 is 0.923 bits per heavy atom. The van der Waals surface area contributed by atoms with Crippen molar-refractivity contribution >= 4 is 34.6 Å². The van der Waals surface area contributed by atoms with Crippen LogP contribution < -0.4 is 25.2 Å². The number of amides is 2. The van der Waals surface area contributed by atoms with Crippen molar-refractivity contribution in [3.63, 3.8) is 0 Å². The van der Waals surface area contributed by atoms with Gasteiger partial charge in [-0.05, 0) is 42.3 Å². The first-order valence-electron chi connectivity index (χ1n) is 12.9. The van der Waals surface area contributed by atoms with Gasteiger partial charge in [-0.2, -0.15) is 0 Å². The first-order chi connectivity index (χ1) is 18.8. The lowest BCUT2D eigenvalue weighted by Crippen LogP contribution is -2.47. The number of nitrogens with one attached hydrogen (secondary N) is 2. The highest BCUT2D eigenvalue weighted by molar-refractivity contribution is 6.06. The quantitative estimate of drug-likeness (QED) is 0.307. The second kappa shape index (κ2) is 12.3. The molecule has 2 N–H and O–H groups in total. The van der Waals surface area contributed by atoms with Gasteiger partial charge >= 0.3 is 0 Å². The molecule has 0 aromatic heterocycles. The monoisotopic (exact) mass is 531 g/mol. The number of ether oxygens (including phenoxy) is 1. The molecule has 39 heavy (non-hydrogen) atoms. The molecule has 1 fully saturated rings. The van der Waals surface area contributed by atoms with Gasteiger partial charge in [0.05, 0.1) is 23.3 Å². The molecule has 10 heteroatoms. The van der Waals surface area contributed by atoms with E-state index in [4.69, 9.17) is 4.74 Å². The molecule has 3 aromatic rings. The molecule has 0 bridgehead atoms. The van der Waals surface area contributed by atoms with E-state index in [0.717, 1.165) is 30.2 Å². The van der Waals surface area contributed by atoms with E-state index in [1.54, 1.807) is 19.2 Å². The largest absolute Gasteiger partial charge is 0.495 e. The molecular formula is C29H33N5O5. The standard InChI is InChI=1S/C29H33N5O5/c1-20(2)19-30-29(36)24-18-22(31-28(35)21-7-6-8-23(17-21)34(37)38)11-12-25(24)32-13-15-33(16-14-32)26-9-4-5-10-27(26)39-3/h4-12,17-18,20H,13-16,19H2,1-3H3,(H,30,36)(H,31,35). The number of para-hydroxylation sites is 2. The maximum absolute atomic E-state index is 13.3. The Morgan fingerprint density at radius 2 is 1.62 bits per heavy atom. The minimum atomic E-state index is -0.545. The molecule has 0 unspecified atom stereocenters. The zero-order valence-corrected chi connectivity index (χ0v) is 22.3. The fraction of sp³-hybridized carbons (Fsp3) is 0.310. The number of methoxy groups -OCH3 is 1. The van der Waals surface area contributed by atoms with Gasteiger partial charge in [-0.3, -0.25) is 19.7 Å². The number of hydrogen-bond donors (Lipinski definition) is 2. The Balaban J connectivity index is 1.55. The molecule has 0 aliphatic carbocycles. The highest BCUT2D eigenvalue weighted by Crippen LogP contribution is 2.31. The van der Waals surface area contributed by atoms with Gasteiger partial charge < -0.3 is 25.2 Å². The minimum absolute atomic E-state index is 0.159. The lowest BCUT2D eigenvalue weighted by atomic mass is 10.1. The van der Waals surface area contributed by atoms with Crippen molar-refractivity contribution in [2.45, 2.75) is 13.8 Å². The van der Waals surface area contributed by atoms with Crippen molar-refractivity contribution in [3.05, 3.63) is 88.0 Å². The highest BCUT2D eigenvalue weighted by atomic mass is 16.6. The second-order valence-corrected chi connectivity index (χ2v) is 9.74. The van der Waals surface area contributed by atoms with Gasteiger partial charge in [0.25, 0.3) is 17.5 Å². The predicted molar refractivity (Wildman–Crippen MR) is 152 cm³/mol. The zero-order valence-electron chi connectivity index (χ0n) is 22.3. The molecule has 10 nitrogen and oxygen atoms in total. The van der Waals surface area contributed by atoms with Crippen molar-refractivity contribution in [2.24, 2.45) is 5.92 Å². The molecule has 0 radical (unpaired) electrons. The van der Waals surface area contributed by atoms with Crippen LogP contribution in [0.5, 0.6) is 5.75 Å². The summed E-state index contributed by atoms with van der Waals surface area (Å²) in [7, 11) is 1.66. The average molecular weight is 532 g/mol. The van der Waals surface area contributed by atoms with Crippen LogP contribution in [-0.2, 0) is 0 Å². The van der Waals surface area contributed by atoms with E-state index in [9.17, 15) is 19.7 Å². The summed E-state index contributed by atoms with van der Waals surface area (Å²) < 4.78 is 5.53. The van der Waals surface area contributed by atoms with Crippen LogP contribution in [0, 0.1) is 16.0 Å².